The van der Waals surface area contributed by atoms with Crippen LogP contribution in [0.3, 0.4) is 0 Å². The molecule has 0 bridgehead atoms. The summed E-state index contributed by atoms with van der Waals surface area (Å²) in [4.78, 5) is 11.0. The van der Waals surface area contributed by atoms with Crippen molar-refractivity contribution >= 4 is 5.97 Å². The van der Waals surface area contributed by atoms with E-state index >= 15 is 0 Å². The van der Waals surface area contributed by atoms with Gasteiger partial charge >= 0.3 is 5.97 Å². The number of hydrogen-bond donors (Lipinski definition) is 0. The van der Waals surface area contributed by atoms with Gasteiger partial charge in [-0.2, -0.15) is 0 Å². The molecule has 0 aliphatic heterocycles. The van der Waals surface area contributed by atoms with Crippen molar-refractivity contribution in [3.63, 3.8) is 0 Å². The number of ether oxygens (including phenoxy) is 1. The highest BCUT2D eigenvalue weighted by atomic mass is 16.5. The molecule has 1 aromatic heterocycles. The van der Waals surface area contributed by atoms with E-state index in [2.05, 4.69) is 10.7 Å². The summed E-state index contributed by atoms with van der Waals surface area (Å²) in [5.74, 6) is -0.374. The normalized spacial score (nSPS) is 9.55. The van der Waals surface area contributed by atoms with Crippen LogP contribution in [0.5, 0.6) is 0 Å². The third kappa shape index (κ3) is 2.11. The van der Waals surface area contributed by atoms with Crippen molar-refractivity contribution in [2.24, 2.45) is 0 Å². The maximum absolute atomic E-state index is 11.0. The lowest BCUT2D eigenvalue weighted by atomic mass is 10.3. The molecule has 1 radical (unpaired) electrons. The molecule has 11 heavy (non-hydrogen) atoms. The second kappa shape index (κ2) is 3.81. The third-order valence-corrected chi connectivity index (χ3v) is 1.13. The highest BCUT2D eigenvalue weighted by Gasteiger charge is 2.07. The van der Waals surface area contributed by atoms with Gasteiger partial charge in [-0.25, -0.2) is 4.79 Å². The second-order valence-electron chi connectivity index (χ2n) is 2.07. The largest absolute Gasteiger partial charge is 0.462 e. The van der Waals surface area contributed by atoms with Crippen LogP contribution in [0.2, 0.25) is 0 Å². The van der Waals surface area contributed by atoms with E-state index in [1.807, 2.05) is 6.92 Å². The van der Waals surface area contributed by atoms with Gasteiger partial charge in [-0.1, -0.05) is 6.92 Å². The van der Waals surface area contributed by atoms with Crippen LogP contribution in [0.25, 0.3) is 0 Å². The Morgan fingerprint density at radius 1 is 1.82 bits per heavy atom. The Labute approximate surface area is 65.0 Å². The first-order valence-electron chi connectivity index (χ1n) is 3.47. The van der Waals surface area contributed by atoms with Crippen molar-refractivity contribution < 1.29 is 13.9 Å². The maximum Gasteiger partial charge on any atom is 0.342 e. The summed E-state index contributed by atoms with van der Waals surface area (Å²) in [5.41, 5.74) is 0.346. The Hall–Kier alpha value is -1.25. The van der Waals surface area contributed by atoms with E-state index in [9.17, 15) is 4.79 Å². The van der Waals surface area contributed by atoms with Crippen molar-refractivity contribution in [3.05, 3.63) is 24.2 Å². The van der Waals surface area contributed by atoms with Crippen molar-refractivity contribution in [2.45, 2.75) is 13.3 Å². The fraction of sp³-hybridized carbons (Fsp3) is 0.375. The summed E-state index contributed by atoms with van der Waals surface area (Å²) in [6, 6.07) is 1.53. The molecule has 0 aromatic carbocycles. The fourth-order valence-electron chi connectivity index (χ4n) is 0.616. The minimum Gasteiger partial charge on any atom is -0.462 e. The van der Waals surface area contributed by atoms with Crippen LogP contribution in [-0.2, 0) is 4.74 Å². The van der Waals surface area contributed by atoms with Crippen LogP contribution < -0.4 is 0 Å². The number of hydrogen-bond acceptors (Lipinski definition) is 3. The van der Waals surface area contributed by atoms with Gasteiger partial charge < -0.3 is 9.15 Å². The highest BCUT2D eigenvalue weighted by Crippen LogP contribution is 2.01. The van der Waals surface area contributed by atoms with E-state index < -0.39 is 0 Å². The zero-order chi connectivity index (χ0) is 8.10. The van der Waals surface area contributed by atoms with E-state index in [-0.39, 0.29) is 5.97 Å². The van der Waals surface area contributed by atoms with Gasteiger partial charge in [0, 0.05) is 0 Å². The maximum atomic E-state index is 11.0. The minimum atomic E-state index is -0.374. The summed E-state index contributed by atoms with van der Waals surface area (Å²) in [5, 5.41) is 0. The van der Waals surface area contributed by atoms with Crippen LogP contribution in [-0.4, -0.2) is 12.6 Å². The van der Waals surface area contributed by atoms with E-state index in [1.165, 1.54) is 12.3 Å². The van der Waals surface area contributed by atoms with Gasteiger partial charge in [-0.05, 0) is 12.5 Å². The molecule has 0 unspecified atom stereocenters. The third-order valence-electron chi connectivity index (χ3n) is 1.13. The lowest BCUT2D eigenvalue weighted by molar-refractivity contribution is 0.0504. The molecular weight excluding hydrogens is 144 g/mol. The Balaban J connectivity index is 2.43. The average Bonchev–Trinajstić information content (AvgIpc) is 2.52. The monoisotopic (exact) mass is 153 g/mol. The van der Waals surface area contributed by atoms with Crippen molar-refractivity contribution in [1.29, 1.82) is 0 Å². The summed E-state index contributed by atoms with van der Waals surface area (Å²) >= 11 is 0. The predicted octanol–water partition coefficient (Wildman–Crippen LogP) is 1.65. The standard InChI is InChI=1S/C8H9O3/c1-2-4-11-8(9)7-3-5-10-6-7/h3,5H,2,4H2,1H3. The Kier molecular flexibility index (Phi) is 2.72. The van der Waals surface area contributed by atoms with E-state index in [0.717, 1.165) is 6.42 Å². The summed E-state index contributed by atoms with van der Waals surface area (Å²) in [7, 11) is 0. The zero-order valence-electron chi connectivity index (χ0n) is 6.29. The molecule has 0 N–H and O–H groups in total. The molecule has 0 aliphatic rings. The van der Waals surface area contributed by atoms with Gasteiger partial charge in [0.2, 0.25) is 0 Å². The Morgan fingerprint density at radius 2 is 2.64 bits per heavy atom. The molecular formula is C8H9O3. The number of furan rings is 1. The van der Waals surface area contributed by atoms with Gasteiger partial charge in [0.1, 0.15) is 5.56 Å². The first-order chi connectivity index (χ1) is 5.34. The molecule has 0 amide bonds. The van der Waals surface area contributed by atoms with Gasteiger partial charge in [-0.15, -0.1) is 0 Å². The Morgan fingerprint density at radius 3 is 3.18 bits per heavy atom. The minimum absolute atomic E-state index is 0.346. The SMILES string of the molecule is CCCOC(=O)c1[c]occ1. The molecule has 0 spiro atoms. The molecule has 0 aliphatic carbocycles. The van der Waals surface area contributed by atoms with Gasteiger partial charge in [0.15, 0.2) is 6.26 Å². The number of carbonyl (C=O) groups excluding carboxylic acids is 1. The summed E-state index contributed by atoms with van der Waals surface area (Å²) < 4.78 is 9.40. The van der Waals surface area contributed by atoms with Crippen LogP contribution in [0.4, 0.5) is 0 Å². The van der Waals surface area contributed by atoms with E-state index in [0.29, 0.717) is 12.2 Å². The molecule has 1 heterocycles. The highest BCUT2D eigenvalue weighted by molar-refractivity contribution is 5.88. The van der Waals surface area contributed by atoms with Crippen LogP contribution in [0, 0.1) is 6.26 Å². The topological polar surface area (TPSA) is 39.4 Å². The summed E-state index contributed by atoms with van der Waals surface area (Å²) in [6.45, 7) is 2.38. The first kappa shape index (κ1) is 7.85. The fourth-order valence-corrected chi connectivity index (χ4v) is 0.616. The van der Waals surface area contributed by atoms with Gasteiger partial charge in [0.25, 0.3) is 0 Å². The van der Waals surface area contributed by atoms with Crippen LogP contribution >= 0.6 is 0 Å². The quantitative estimate of drug-likeness (QED) is 0.620. The molecule has 3 nitrogen and oxygen atoms in total. The smallest absolute Gasteiger partial charge is 0.342 e. The molecule has 1 aromatic rings. The predicted molar refractivity (Wildman–Crippen MR) is 38.1 cm³/mol. The second-order valence-corrected chi connectivity index (χ2v) is 2.07. The van der Waals surface area contributed by atoms with Crippen LogP contribution in [0.1, 0.15) is 23.7 Å². The molecule has 0 fully saturated rings. The van der Waals surface area contributed by atoms with E-state index in [1.54, 1.807) is 0 Å². The van der Waals surface area contributed by atoms with E-state index in [4.69, 9.17) is 4.74 Å². The molecule has 0 atom stereocenters. The lowest BCUT2D eigenvalue weighted by Crippen LogP contribution is -2.04. The van der Waals surface area contributed by atoms with Crippen molar-refractivity contribution in [2.75, 3.05) is 6.61 Å². The van der Waals surface area contributed by atoms with Crippen molar-refractivity contribution in [1.82, 2.24) is 0 Å². The lowest BCUT2D eigenvalue weighted by Gasteiger charge is -1.97. The number of rotatable bonds is 3. The summed E-state index contributed by atoms with van der Waals surface area (Å²) in [6.07, 6.45) is 4.61. The molecule has 3 heteroatoms. The van der Waals surface area contributed by atoms with Gasteiger partial charge in [-0.3, -0.25) is 0 Å². The molecule has 0 saturated carbocycles. The average molecular weight is 153 g/mol. The molecule has 1 rings (SSSR count). The Bertz CT molecular complexity index is 213. The van der Waals surface area contributed by atoms with Gasteiger partial charge in [0.05, 0.1) is 12.9 Å². The van der Waals surface area contributed by atoms with Crippen molar-refractivity contribution in [3.8, 4) is 0 Å². The first-order valence-corrected chi connectivity index (χ1v) is 3.47. The number of carbonyl (C=O) groups is 1. The zero-order valence-corrected chi connectivity index (χ0v) is 6.29. The molecule has 0 saturated heterocycles. The number of esters is 1. The molecule has 59 valence electrons. The van der Waals surface area contributed by atoms with Crippen LogP contribution in [0.15, 0.2) is 16.7 Å².